The molecule has 0 amide bonds. The number of nitrogens with two attached hydrogens (primary N) is 1. The van der Waals surface area contributed by atoms with Crippen molar-refractivity contribution in [3.8, 4) is 0 Å². The summed E-state index contributed by atoms with van der Waals surface area (Å²) >= 11 is 10.8. The van der Waals surface area contributed by atoms with Crippen LogP contribution in [0.4, 0.5) is 5.69 Å². The summed E-state index contributed by atoms with van der Waals surface area (Å²) in [4.78, 5) is 0.0124. The van der Waals surface area contributed by atoms with E-state index in [1.807, 2.05) is 0 Å². The van der Waals surface area contributed by atoms with Crippen LogP contribution in [0.2, 0.25) is 5.02 Å². The minimum atomic E-state index is -3.86. The lowest BCUT2D eigenvalue weighted by molar-refractivity contribution is 0.601. The average Bonchev–Trinajstić information content (AvgIpc) is 2.67. The summed E-state index contributed by atoms with van der Waals surface area (Å²) in [6, 6.07) is 4.36. The van der Waals surface area contributed by atoms with Crippen molar-refractivity contribution in [1.29, 1.82) is 0 Å². The van der Waals surface area contributed by atoms with E-state index < -0.39 is 10.0 Å². The van der Waals surface area contributed by atoms with Crippen LogP contribution in [-0.2, 0) is 17.1 Å². The van der Waals surface area contributed by atoms with Gasteiger partial charge in [0.15, 0.2) is 0 Å². The first-order chi connectivity index (χ1) is 9.70. The number of sulfonamides is 1. The van der Waals surface area contributed by atoms with E-state index in [1.54, 1.807) is 26.2 Å². The molecule has 0 aliphatic carbocycles. The maximum atomic E-state index is 12.4. The van der Waals surface area contributed by atoms with Gasteiger partial charge < -0.3 is 5.73 Å². The molecule has 0 aliphatic heterocycles. The molecule has 2 aromatic rings. The molecule has 0 radical (unpaired) electrons. The summed E-state index contributed by atoms with van der Waals surface area (Å²) in [5.41, 5.74) is 6.89. The highest BCUT2D eigenvalue weighted by atomic mass is 35.5. The normalized spacial score (nSPS) is 11.4. The maximum Gasteiger partial charge on any atom is 0.263 e. The number of hydrogen-bond donors (Lipinski definition) is 2. The van der Waals surface area contributed by atoms with Crippen LogP contribution in [-0.4, -0.2) is 23.2 Å². The number of thiocarbonyl (C=S) groups is 1. The van der Waals surface area contributed by atoms with Crippen molar-refractivity contribution in [2.24, 2.45) is 12.8 Å². The first kappa shape index (κ1) is 15.7. The van der Waals surface area contributed by atoms with Gasteiger partial charge in [-0.05, 0) is 19.1 Å². The molecule has 0 spiro atoms. The number of hydrogen-bond acceptors (Lipinski definition) is 4. The van der Waals surface area contributed by atoms with Crippen molar-refractivity contribution < 1.29 is 8.42 Å². The van der Waals surface area contributed by atoms with Gasteiger partial charge in [-0.3, -0.25) is 9.40 Å². The van der Waals surface area contributed by atoms with Gasteiger partial charge in [-0.25, -0.2) is 8.42 Å². The first-order valence-electron chi connectivity index (χ1n) is 5.83. The largest absolute Gasteiger partial charge is 0.389 e. The quantitative estimate of drug-likeness (QED) is 0.826. The maximum absolute atomic E-state index is 12.4. The van der Waals surface area contributed by atoms with Gasteiger partial charge in [-0.2, -0.15) is 5.10 Å². The lowest BCUT2D eigenvalue weighted by Crippen LogP contribution is -2.16. The Bertz CT molecular complexity index is 815. The van der Waals surface area contributed by atoms with E-state index in [9.17, 15) is 8.42 Å². The number of halogens is 1. The van der Waals surface area contributed by atoms with E-state index in [-0.39, 0.29) is 14.9 Å². The molecular weight excluding hydrogens is 332 g/mol. The topological polar surface area (TPSA) is 90.0 Å². The molecule has 0 bridgehead atoms. The molecule has 0 atom stereocenters. The Morgan fingerprint density at radius 2 is 2.14 bits per heavy atom. The van der Waals surface area contributed by atoms with Gasteiger partial charge in [0, 0.05) is 18.8 Å². The highest BCUT2D eigenvalue weighted by molar-refractivity contribution is 7.92. The molecule has 0 saturated heterocycles. The van der Waals surface area contributed by atoms with E-state index in [2.05, 4.69) is 9.82 Å². The van der Waals surface area contributed by atoms with Crippen molar-refractivity contribution >= 4 is 44.5 Å². The minimum absolute atomic E-state index is 0.0854. The summed E-state index contributed by atoms with van der Waals surface area (Å²) in [6.45, 7) is 1.70. The first-order valence-corrected chi connectivity index (χ1v) is 8.10. The average molecular weight is 345 g/mol. The molecule has 112 valence electrons. The second-order valence-electron chi connectivity index (χ2n) is 4.42. The Morgan fingerprint density at radius 1 is 1.48 bits per heavy atom. The standard InChI is InChI=1S/C12H13ClN4O2S2/c1-7-10(6-17(2)15-7)16-21(18,19)11-5-8(12(14)20)3-4-9(11)13/h3-6,16H,1-2H3,(H2,14,20). The van der Waals surface area contributed by atoms with Crippen molar-refractivity contribution in [1.82, 2.24) is 9.78 Å². The third-order valence-corrected chi connectivity index (χ3v) is 4.85. The second-order valence-corrected chi connectivity index (χ2v) is 6.91. The molecule has 21 heavy (non-hydrogen) atoms. The van der Waals surface area contributed by atoms with Crippen LogP contribution in [0.3, 0.4) is 0 Å². The molecule has 9 heteroatoms. The Hall–Kier alpha value is -1.64. The Kier molecular flexibility index (Phi) is 4.22. The van der Waals surface area contributed by atoms with Crippen LogP contribution >= 0.6 is 23.8 Å². The molecule has 1 aromatic carbocycles. The molecule has 0 fully saturated rings. The minimum Gasteiger partial charge on any atom is -0.389 e. The van der Waals surface area contributed by atoms with Gasteiger partial charge in [0.25, 0.3) is 10.0 Å². The number of benzene rings is 1. The number of rotatable bonds is 4. The van der Waals surface area contributed by atoms with Crippen LogP contribution in [0.1, 0.15) is 11.3 Å². The molecule has 3 N–H and O–H groups in total. The van der Waals surface area contributed by atoms with Crippen molar-refractivity contribution in [2.75, 3.05) is 4.72 Å². The van der Waals surface area contributed by atoms with Gasteiger partial charge in [-0.1, -0.05) is 29.9 Å². The summed E-state index contributed by atoms with van der Waals surface area (Å²) in [6.07, 6.45) is 1.57. The van der Waals surface area contributed by atoms with Crippen LogP contribution in [0.25, 0.3) is 0 Å². The van der Waals surface area contributed by atoms with Gasteiger partial charge >= 0.3 is 0 Å². The third kappa shape index (κ3) is 3.34. The Morgan fingerprint density at radius 3 is 2.67 bits per heavy atom. The van der Waals surface area contributed by atoms with Gasteiger partial charge in [0.1, 0.15) is 9.88 Å². The van der Waals surface area contributed by atoms with E-state index in [1.165, 1.54) is 16.8 Å². The monoisotopic (exact) mass is 344 g/mol. The molecular formula is C12H13ClN4O2S2. The highest BCUT2D eigenvalue weighted by Gasteiger charge is 2.21. The van der Waals surface area contributed by atoms with E-state index in [0.717, 1.165) is 0 Å². The summed E-state index contributed by atoms with van der Waals surface area (Å²) in [7, 11) is -2.16. The molecule has 1 aromatic heterocycles. The number of nitrogens with one attached hydrogen (secondary N) is 1. The second kappa shape index (κ2) is 5.63. The summed E-state index contributed by atoms with van der Waals surface area (Å²) in [5.74, 6) is 0. The van der Waals surface area contributed by atoms with Gasteiger partial charge in [-0.15, -0.1) is 0 Å². The van der Waals surface area contributed by atoms with Crippen molar-refractivity contribution in [2.45, 2.75) is 11.8 Å². The predicted octanol–water partition coefficient (Wildman–Crippen LogP) is 1.82. The third-order valence-electron chi connectivity index (χ3n) is 2.76. The fourth-order valence-electron chi connectivity index (χ4n) is 1.76. The number of nitrogens with zero attached hydrogens (tertiary/aromatic N) is 2. The Balaban J connectivity index is 2.46. The fraction of sp³-hybridized carbons (Fsp3) is 0.167. The summed E-state index contributed by atoms with van der Waals surface area (Å²) in [5, 5.41) is 4.16. The lowest BCUT2D eigenvalue weighted by Gasteiger charge is -2.10. The van der Waals surface area contributed by atoms with E-state index in [0.29, 0.717) is 16.9 Å². The van der Waals surface area contributed by atoms with E-state index in [4.69, 9.17) is 29.6 Å². The number of aromatic nitrogens is 2. The van der Waals surface area contributed by atoms with Gasteiger partial charge in [0.05, 0.1) is 16.4 Å². The zero-order chi connectivity index (χ0) is 15.8. The zero-order valence-corrected chi connectivity index (χ0v) is 13.7. The molecule has 6 nitrogen and oxygen atoms in total. The SMILES string of the molecule is Cc1nn(C)cc1NS(=O)(=O)c1cc(C(N)=S)ccc1Cl. The molecule has 0 unspecified atom stereocenters. The van der Waals surface area contributed by atoms with Crippen molar-refractivity contribution in [3.05, 3.63) is 40.7 Å². The molecule has 0 saturated carbocycles. The molecule has 2 rings (SSSR count). The zero-order valence-electron chi connectivity index (χ0n) is 11.3. The number of aryl methyl sites for hydroxylation is 2. The smallest absolute Gasteiger partial charge is 0.263 e. The van der Waals surface area contributed by atoms with Crippen LogP contribution in [0.15, 0.2) is 29.3 Å². The van der Waals surface area contributed by atoms with Gasteiger partial charge in [0.2, 0.25) is 0 Å². The fourth-order valence-corrected chi connectivity index (χ4v) is 3.52. The van der Waals surface area contributed by atoms with Crippen LogP contribution < -0.4 is 10.5 Å². The number of anilines is 1. The molecule has 1 heterocycles. The van der Waals surface area contributed by atoms with E-state index >= 15 is 0 Å². The highest BCUT2D eigenvalue weighted by Crippen LogP contribution is 2.25. The lowest BCUT2D eigenvalue weighted by atomic mass is 10.2. The van der Waals surface area contributed by atoms with Crippen molar-refractivity contribution in [3.63, 3.8) is 0 Å². The predicted molar refractivity (Wildman–Crippen MR) is 86.1 cm³/mol. The molecule has 0 aliphatic rings. The Labute approximate surface area is 133 Å². The van der Waals surface area contributed by atoms with Crippen LogP contribution in [0, 0.1) is 6.92 Å². The summed E-state index contributed by atoms with van der Waals surface area (Å²) < 4.78 is 28.8. The van der Waals surface area contributed by atoms with Crippen LogP contribution in [0.5, 0.6) is 0 Å².